The van der Waals surface area contributed by atoms with E-state index < -0.39 is 0 Å². The van der Waals surface area contributed by atoms with Gasteiger partial charge in [-0.25, -0.2) is 4.98 Å². The monoisotopic (exact) mass is 356 g/mol. The molecule has 0 unspecified atom stereocenters. The van der Waals surface area contributed by atoms with Crippen molar-refractivity contribution in [3.63, 3.8) is 0 Å². The largest absolute Gasteiger partial charge is 0.497 e. The number of piperazine rings is 1. The minimum atomic E-state index is -0.0668. The standard InChI is InChI=1S/C19H24N4O3/c1-25-15-6-7-17(26-2)16(13-15)21-19(24)14-22-9-11-23(12-10-22)18-5-3-4-8-20-18/h3-8,13H,9-12,14H2,1-2H3,(H,21,24). The Labute approximate surface area is 153 Å². The number of carbonyl (C=O) groups is 1. The summed E-state index contributed by atoms with van der Waals surface area (Å²) in [7, 11) is 3.17. The number of methoxy groups -OCH3 is 2. The molecule has 7 heteroatoms. The highest BCUT2D eigenvalue weighted by Crippen LogP contribution is 2.28. The molecule has 1 aliphatic rings. The first-order chi connectivity index (χ1) is 12.7. The fourth-order valence-corrected chi connectivity index (χ4v) is 2.98. The van der Waals surface area contributed by atoms with Gasteiger partial charge in [-0.3, -0.25) is 9.69 Å². The number of benzene rings is 1. The zero-order valence-electron chi connectivity index (χ0n) is 15.1. The Morgan fingerprint density at radius 3 is 2.58 bits per heavy atom. The van der Waals surface area contributed by atoms with Crippen LogP contribution in [-0.2, 0) is 4.79 Å². The van der Waals surface area contributed by atoms with Crippen LogP contribution in [0.2, 0.25) is 0 Å². The van der Waals surface area contributed by atoms with E-state index in [9.17, 15) is 4.79 Å². The molecule has 1 aromatic heterocycles. The molecule has 26 heavy (non-hydrogen) atoms. The number of rotatable bonds is 6. The SMILES string of the molecule is COc1ccc(OC)c(NC(=O)CN2CCN(c3ccccn3)CC2)c1. The number of hydrogen-bond donors (Lipinski definition) is 1. The van der Waals surface area contributed by atoms with Crippen molar-refractivity contribution in [2.75, 3.05) is 57.2 Å². The third-order valence-electron chi connectivity index (χ3n) is 4.39. The number of ether oxygens (including phenoxy) is 2. The van der Waals surface area contributed by atoms with Crippen LogP contribution in [0, 0.1) is 0 Å². The molecular formula is C19H24N4O3. The first kappa shape index (κ1) is 18.0. The molecule has 3 rings (SSSR count). The quantitative estimate of drug-likeness (QED) is 0.852. The van der Waals surface area contributed by atoms with Crippen molar-refractivity contribution < 1.29 is 14.3 Å². The molecule has 1 N–H and O–H groups in total. The molecule has 0 aliphatic carbocycles. The Balaban J connectivity index is 1.53. The van der Waals surface area contributed by atoms with Crippen molar-refractivity contribution in [2.45, 2.75) is 0 Å². The molecule has 1 aliphatic heterocycles. The van der Waals surface area contributed by atoms with Gasteiger partial charge in [-0.05, 0) is 24.3 Å². The van der Waals surface area contributed by atoms with E-state index in [1.807, 2.05) is 18.2 Å². The van der Waals surface area contributed by atoms with Gasteiger partial charge in [0.25, 0.3) is 0 Å². The third kappa shape index (κ3) is 4.43. The second-order valence-corrected chi connectivity index (χ2v) is 6.07. The molecule has 2 heterocycles. The van der Waals surface area contributed by atoms with E-state index in [2.05, 4.69) is 20.1 Å². The topological polar surface area (TPSA) is 66.9 Å². The lowest BCUT2D eigenvalue weighted by Crippen LogP contribution is -2.48. The Morgan fingerprint density at radius 1 is 1.12 bits per heavy atom. The number of nitrogens with zero attached hydrogens (tertiary/aromatic N) is 3. The summed E-state index contributed by atoms with van der Waals surface area (Å²) in [6.45, 7) is 3.69. The van der Waals surface area contributed by atoms with E-state index in [1.54, 1.807) is 38.6 Å². The molecule has 1 amide bonds. The summed E-state index contributed by atoms with van der Waals surface area (Å²) >= 11 is 0. The van der Waals surface area contributed by atoms with E-state index in [-0.39, 0.29) is 5.91 Å². The molecule has 0 spiro atoms. The highest BCUT2D eigenvalue weighted by Gasteiger charge is 2.20. The Bertz CT molecular complexity index is 731. The highest BCUT2D eigenvalue weighted by molar-refractivity contribution is 5.94. The molecule has 0 saturated carbocycles. The van der Waals surface area contributed by atoms with Crippen LogP contribution in [-0.4, -0.2) is 62.7 Å². The normalized spacial score (nSPS) is 14.8. The number of aromatic nitrogens is 1. The van der Waals surface area contributed by atoms with Crippen LogP contribution in [0.3, 0.4) is 0 Å². The van der Waals surface area contributed by atoms with Crippen LogP contribution in [0.4, 0.5) is 11.5 Å². The number of anilines is 2. The molecule has 0 bridgehead atoms. The van der Waals surface area contributed by atoms with Crippen molar-refractivity contribution in [1.29, 1.82) is 0 Å². The lowest BCUT2D eigenvalue weighted by Gasteiger charge is -2.34. The van der Waals surface area contributed by atoms with Gasteiger partial charge in [0.05, 0.1) is 26.5 Å². The van der Waals surface area contributed by atoms with Crippen LogP contribution in [0.1, 0.15) is 0 Å². The second kappa shape index (κ2) is 8.53. The average Bonchev–Trinajstić information content (AvgIpc) is 2.69. The maximum Gasteiger partial charge on any atom is 0.238 e. The van der Waals surface area contributed by atoms with Gasteiger partial charge in [0, 0.05) is 38.4 Å². The summed E-state index contributed by atoms with van der Waals surface area (Å²) in [5.41, 5.74) is 0.615. The molecule has 0 atom stereocenters. The predicted octanol–water partition coefficient (Wildman–Crippen LogP) is 1.86. The van der Waals surface area contributed by atoms with Crippen molar-refractivity contribution in [3.8, 4) is 11.5 Å². The number of carbonyl (C=O) groups excluding carboxylic acids is 1. The summed E-state index contributed by atoms with van der Waals surface area (Å²) in [5.74, 6) is 2.20. The summed E-state index contributed by atoms with van der Waals surface area (Å²) in [4.78, 5) is 21.2. The lowest BCUT2D eigenvalue weighted by molar-refractivity contribution is -0.117. The second-order valence-electron chi connectivity index (χ2n) is 6.07. The fourth-order valence-electron chi connectivity index (χ4n) is 2.98. The van der Waals surface area contributed by atoms with Crippen molar-refractivity contribution in [2.24, 2.45) is 0 Å². The molecule has 1 saturated heterocycles. The zero-order chi connectivity index (χ0) is 18.4. The lowest BCUT2D eigenvalue weighted by atomic mass is 10.2. The highest BCUT2D eigenvalue weighted by atomic mass is 16.5. The molecular weight excluding hydrogens is 332 g/mol. The van der Waals surface area contributed by atoms with Gasteiger partial charge in [0.15, 0.2) is 0 Å². The van der Waals surface area contributed by atoms with Crippen LogP contribution in [0.25, 0.3) is 0 Å². The minimum Gasteiger partial charge on any atom is -0.497 e. The van der Waals surface area contributed by atoms with Crippen molar-refractivity contribution in [1.82, 2.24) is 9.88 Å². The van der Waals surface area contributed by atoms with Gasteiger partial charge in [-0.2, -0.15) is 0 Å². The number of pyridine rings is 1. The molecule has 1 fully saturated rings. The molecule has 1 aromatic carbocycles. The summed E-state index contributed by atoms with van der Waals surface area (Å²) in [6.07, 6.45) is 1.80. The van der Waals surface area contributed by atoms with E-state index in [0.29, 0.717) is 23.7 Å². The van der Waals surface area contributed by atoms with E-state index in [1.165, 1.54) is 0 Å². The minimum absolute atomic E-state index is 0.0668. The van der Waals surface area contributed by atoms with Crippen molar-refractivity contribution >= 4 is 17.4 Å². The number of amides is 1. The van der Waals surface area contributed by atoms with Crippen LogP contribution >= 0.6 is 0 Å². The van der Waals surface area contributed by atoms with Crippen molar-refractivity contribution in [3.05, 3.63) is 42.6 Å². The smallest absolute Gasteiger partial charge is 0.238 e. The average molecular weight is 356 g/mol. The van der Waals surface area contributed by atoms with E-state index in [0.717, 1.165) is 32.0 Å². The Morgan fingerprint density at radius 2 is 1.92 bits per heavy atom. The van der Waals surface area contributed by atoms with Gasteiger partial charge in [0.2, 0.25) is 5.91 Å². The molecule has 0 radical (unpaired) electrons. The molecule has 138 valence electrons. The fraction of sp³-hybridized carbons (Fsp3) is 0.368. The molecule has 7 nitrogen and oxygen atoms in total. The van der Waals surface area contributed by atoms with Crippen LogP contribution in [0.5, 0.6) is 11.5 Å². The van der Waals surface area contributed by atoms with Gasteiger partial charge in [0.1, 0.15) is 17.3 Å². The van der Waals surface area contributed by atoms with Gasteiger partial charge in [-0.1, -0.05) is 6.07 Å². The molecule has 2 aromatic rings. The predicted molar refractivity (Wildman–Crippen MR) is 101 cm³/mol. The first-order valence-electron chi connectivity index (χ1n) is 8.60. The van der Waals surface area contributed by atoms with Gasteiger partial charge >= 0.3 is 0 Å². The zero-order valence-corrected chi connectivity index (χ0v) is 15.1. The first-order valence-corrected chi connectivity index (χ1v) is 8.60. The van der Waals surface area contributed by atoms with E-state index >= 15 is 0 Å². The summed E-state index contributed by atoms with van der Waals surface area (Å²) in [5, 5.41) is 2.91. The number of hydrogen-bond acceptors (Lipinski definition) is 6. The van der Waals surface area contributed by atoms with Gasteiger partial charge < -0.3 is 19.7 Å². The number of nitrogens with one attached hydrogen (secondary N) is 1. The maximum atomic E-state index is 12.4. The van der Waals surface area contributed by atoms with Gasteiger partial charge in [-0.15, -0.1) is 0 Å². The third-order valence-corrected chi connectivity index (χ3v) is 4.39. The Kier molecular flexibility index (Phi) is 5.91. The van der Waals surface area contributed by atoms with Crippen LogP contribution < -0.4 is 19.7 Å². The van der Waals surface area contributed by atoms with Crippen LogP contribution in [0.15, 0.2) is 42.6 Å². The summed E-state index contributed by atoms with van der Waals surface area (Å²) < 4.78 is 10.5. The Hall–Kier alpha value is -2.80. The van der Waals surface area contributed by atoms with E-state index in [4.69, 9.17) is 9.47 Å². The summed E-state index contributed by atoms with van der Waals surface area (Å²) in [6, 6.07) is 11.2. The maximum absolute atomic E-state index is 12.4.